The molecule has 0 radical (unpaired) electrons. The topological polar surface area (TPSA) is 89.8 Å². The summed E-state index contributed by atoms with van der Waals surface area (Å²) in [6.07, 6.45) is 1.37. The first-order chi connectivity index (χ1) is 7.27. The summed E-state index contributed by atoms with van der Waals surface area (Å²) in [5.41, 5.74) is 12.5. The molecule has 2 aromatic rings. The van der Waals surface area contributed by atoms with Gasteiger partial charge in [-0.3, -0.25) is 0 Å². The highest BCUT2D eigenvalue weighted by Crippen LogP contribution is 2.22. The molecule has 5 N–H and O–H groups in total. The standard InChI is InChI=1S/C10H11N5/c11-8-9(12)13-6-14-10(8)15-7-4-2-1-3-5-7/h1-6H,11H2,(H3,12,13,14,15). The van der Waals surface area contributed by atoms with Gasteiger partial charge in [0, 0.05) is 5.69 Å². The van der Waals surface area contributed by atoms with E-state index in [1.54, 1.807) is 0 Å². The van der Waals surface area contributed by atoms with Gasteiger partial charge in [0.15, 0.2) is 11.6 Å². The van der Waals surface area contributed by atoms with E-state index in [2.05, 4.69) is 15.3 Å². The quantitative estimate of drug-likeness (QED) is 0.683. The van der Waals surface area contributed by atoms with E-state index in [0.717, 1.165) is 5.69 Å². The van der Waals surface area contributed by atoms with Gasteiger partial charge in [0.1, 0.15) is 12.0 Å². The molecule has 0 aliphatic carbocycles. The number of nitrogens with one attached hydrogen (secondary N) is 1. The number of hydrogen-bond donors (Lipinski definition) is 3. The number of rotatable bonds is 2. The normalized spacial score (nSPS) is 9.87. The Labute approximate surface area is 87.2 Å². The van der Waals surface area contributed by atoms with Crippen LogP contribution in [-0.4, -0.2) is 9.97 Å². The smallest absolute Gasteiger partial charge is 0.159 e. The largest absolute Gasteiger partial charge is 0.393 e. The Hall–Kier alpha value is -2.30. The van der Waals surface area contributed by atoms with Crippen LogP contribution in [0.5, 0.6) is 0 Å². The van der Waals surface area contributed by atoms with Crippen LogP contribution in [0.3, 0.4) is 0 Å². The number of nitrogens with zero attached hydrogens (tertiary/aromatic N) is 2. The van der Waals surface area contributed by atoms with Crippen molar-refractivity contribution >= 4 is 23.0 Å². The van der Waals surface area contributed by atoms with E-state index in [9.17, 15) is 0 Å². The predicted molar refractivity (Wildman–Crippen MR) is 60.6 cm³/mol. The molecule has 0 aliphatic rings. The summed E-state index contributed by atoms with van der Waals surface area (Å²) in [7, 11) is 0. The summed E-state index contributed by atoms with van der Waals surface area (Å²) in [5, 5.41) is 3.06. The van der Waals surface area contributed by atoms with E-state index in [0.29, 0.717) is 11.5 Å². The second-order valence-corrected chi connectivity index (χ2v) is 3.01. The summed E-state index contributed by atoms with van der Waals surface area (Å²) in [6, 6.07) is 9.60. The minimum atomic E-state index is 0.281. The maximum Gasteiger partial charge on any atom is 0.159 e. The number of para-hydroxylation sites is 1. The predicted octanol–water partition coefficient (Wildman–Crippen LogP) is 1.38. The SMILES string of the molecule is Nc1ncnc(Nc2ccccc2)c1N. The highest BCUT2D eigenvalue weighted by atomic mass is 15.1. The summed E-state index contributed by atoms with van der Waals surface area (Å²) in [6.45, 7) is 0. The van der Waals surface area contributed by atoms with Crippen LogP contribution in [0.4, 0.5) is 23.0 Å². The van der Waals surface area contributed by atoms with Crippen molar-refractivity contribution in [2.45, 2.75) is 0 Å². The maximum absolute atomic E-state index is 5.72. The van der Waals surface area contributed by atoms with Crippen molar-refractivity contribution in [2.75, 3.05) is 16.8 Å². The Morgan fingerprint density at radius 3 is 2.47 bits per heavy atom. The van der Waals surface area contributed by atoms with Crippen LogP contribution in [0.15, 0.2) is 36.7 Å². The third-order valence-electron chi connectivity index (χ3n) is 1.95. The minimum Gasteiger partial charge on any atom is -0.393 e. The molecule has 0 atom stereocenters. The van der Waals surface area contributed by atoms with Crippen molar-refractivity contribution in [1.29, 1.82) is 0 Å². The van der Waals surface area contributed by atoms with Crippen LogP contribution < -0.4 is 16.8 Å². The maximum atomic E-state index is 5.72. The van der Waals surface area contributed by atoms with Crippen LogP contribution in [0.2, 0.25) is 0 Å². The molecule has 2 rings (SSSR count). The third-order valence-corrected chi connectivity index (χ3v) is 1.95. The first-order valence-electron chi connectivity index (χ1n) is 4.45. The van der Waals surface area contributed by atoms with Crippen molar-refractivity contribution in [2.24, 2.45) is 0 Å². The summed E-state index contributed by atoms with van der Waals surface area (Å²) < 4.78 is 0. The van der Waals surface area contributed by atoms with Crippen LogP contribution in [0.1, 0.15) is 0 Å². The molecule has 1 aromatic carbocycles. The molecule has 76 valence electrons. The molecule has 0 fully saturated rings. The number of benzene rings is 1. The van der Waals surface area contributed by atoms with Gasteiger partial charge in [-0.25, -0.2) is 9.97 Å². The molecule has 1 aromatic heterocycles. The van der Waals surface area contributed by atoms with Crippen LogP contribution in [0.25, 0.3) is 0 Å². The molecule has 0 saturated heterocycles. The fraction of sp³-hybridized carbons (Fsp3) is 0. The fourth-order valence-corrected chi connectivity index (χ4v) is 1.17. The molecule has 5 nitrogen and oxygen atoms in total. The minimum absolute atomic E-state index is 0.281. The lowest BCUT2D eigenvalue weighted by Gasteiger charge is -2.08. The molecule has 0 aliphatic heterocycles. The highest BCUT2D eigenvalue weighted by Gasteiger charge is 2.04. The Bertz CT molecular complexity index is 455. The number of anilines is 4. The zero-order valence-corrected chi connectivity index (χ0v) is 8.01. The van der Waals surface area contributed by atoms with E-state index in [1.807, 2.05) is 30.3 Å². The second-order valence-electron chi connectivity index (χ2n) is 3.01. The van der Waals surface area contributed by atoms with Crippen molar-refractivity contribution < 1.29 is 0 Å². The molecule has 15 heavy (non-hydrogen) atoms. The van der Waals surface area contributed by atoms with Gasteiger partial charge in [0.05, 0.1) is 0 Å². The van der Waals surface area contributed by atoms with Gasteiger partial charge in [-0.2, -0.15) is 0 Å². The van der Waals surface area contributed by atoms with Gasteiger partial charge in [-0.05, 0) is 12.1 Å². The lowest BCUT2D eigenvalue weighted by atomic mass is 10.3. The van der Waals surface area contributed by atoms with Gasteiger partial charge in [0.2, 0.25) is 0 Å². The Balaban J connectivity index is 2.29. The first-order valence-corrected chi connectivity index (χ1v) is 4.45. The molecule has 5 heteroatoms. The van der Waals surface area contributed by atoms with Crippen molar-refractivity contribution in [3.05, 3.63) is 36.7 Å². The zero-order chi connectivity index (χ0) is 10.7. The number of aromatic nitrogens is 2. The van der Waals surface area contributed by atoms with Gasteiger partial charge >= 0.3 is 0 Å². The van der Waals surface area contributed by atoms with Crippen LogP contribution >= 0.6 is 0 Å². The molecular formula is C10H11N5. The van der Waals surface area contributed by atoms with Crippen molar-refractivity contribution in [3.8, 4) is 0 Å². The third kappa shape index (κ3) is 1.96. The summed E-state index contributed by atoms with van der Waals surface area (Å²) in [4.78, 5) is 7.79. The molecular weight excluding hydrogens is 190 g/mol. The van der Waals surface area contributed by atoms with Crippen molar-refractivity contribution in [1.82, 2.24) is 9.97 Å². The van der Waals surface area contributed by atoms with Crippen molar-refractivity contribution in [3.63, 3.8) is 0 Å². The van der Waals surface area contributed by atoms with E-state index >= 15 is 0 Å². The molecule has 0 spiro atoms. The highest BCUT2D eigenvalue weighted by molar-refractivity contribution is 5.76. The molecule has 1 heterocycles. The zero-order valence-electron chi connectivity index (χ0n) is 8.01. The Kier molecular flexibility index (Phi) is 2.37. The van der Waals surface area contributed by atoms with Gasteiger partial charge < -0.3 is 16.8 Å². The number of hydrogen-bond acceptors (Lipinski definition) is 5. The molecule has 0 bridgehead atoms. The monoisotopic (exact) mass is 201 g/mol. The van der Waals surface area contributed by atoms with Gasteiger partial charge in [-0.15, -0.1) is 0 Å². The average molecular weight is 201 g/mol. The lowest BCUT2D eigenvalue weighted by molar-refractivity contribution is 1.18. The number of nitrogens with two attached hydrogens (primary N) is 2. The van der Waals surface area contributed by atoms with Gasteiger partial charge in [0.25, 0.3) is 0 Å². The van der Waals surface area contributed by atoms with Crippen LogP contribution in [0, 0.1) is 0 Å². The van der Waals surface area contributed by atoms with E-state index in [-0.39, 0.29) is 5.82 Å². The summed E-state index contributed by atoms with van der Waals surface area (Å²) in [5.74, 6) is 0.803. The lowest BCUT2D eigenvalue weighted by Crippen LogP contribution is -2.04. The van der Waals surface area contributed by atoms with E-state index in [1.165, 1.54) is 6.33 Å². The molecule has 0 amide bonds. The molecule has 0 saturated carbocycles. The average Bonchev–Trinajstić information content (AvgIpc) is 2.26. The Morgan fingerprint density at radius 2 is 1.73 bits per heavy atom. The number of nitrogen functional groups attached to an aromatic ring is 2. The molecule has 0 unspecified atom stereocenters. The second kappa shape index (κ2) is 3.83. The first kappa shape index (κ1) is 9.26. The van der Waals surface area contributed by atoms with Crippen LogP contribution in [-0.2, 0) is 0 Å². The van der Waals surface area contributed by atoms with E-state index < -0.39 is 0 Å². The van der Waals surface area contributed by atoms with E-state index in [4.69, 9.17) is 11.5 Å². The Morgan fingerprint density at radius 1 is 1.00 bits per heavy atom. The van der Waals surface area contributed by atoms with Gasteiger partial charge in [-0.1, -0.05) is 18.2 Å². The summed E-state index contributed by atoms with van der Waals surface area (Å²) >= 11 is 0. The fourth-order valence-electron chi connectivity index (χ4n) is 1.17.